The first-order valence-electron chi connectivity index (χ1n) is 8.23. The van der Waals surface area contributed by atoms with E-state index in [2.05, 4.69) is 15.6 Å². The lowest BCUT2D eigenvalue weighted by molar-refractivity contribution is 0.101. The zero-order valence-electron chi connectivity index (χ0n) is 14.6. The van der Waals surface area contributed by atoms with E-state index in [4.69, 9.17) is 0 Å². The highest BCUT2D eigenvalue weighted by Crippen LogP contribution is 2.21. The molecule has 130 valence electrons. The second-order valence-electron chi connectivity index (χ2n) is 5.98. The molecule has 0 bridgehead atoms. The summed E-state index contributed by atoms with van der Waals surface area (Å²) in [6, 6.07) is 18.0. The number of anilines is 2. The molecule has 0 atom stereocenters. The third-order valence-corrected chi connectivity index (χ3v) is 3.90. The highest BCUT2D eigenvalue weighted by Gasteiger charge is 2.06. The number of aryl methyl sites for hydroxylation is 1. The molecule has 2 aromatic carbocycles. The van der Waals surface area contributed by atoms with Crippen LogP contribution >= 0.6 is 0 Å². The minimum Gasteiger partial charge on any atom is -0.308 e. The average Bonchev–Trinajstić information content (AvgIpc) is 2.62. The standard InChI is InChI=1S/C21H19N3O2/c1-14-12-18(10-11-22-14)16-6-8-19(9-7-16)23-21(26)24-20-5-3-4-17(13-20)15(2)25/h3-13H,1-2H3,(H2,23,24,26). The Bertz CT molecular complexity index is 949. The van der Waals surface area contributed by atoms with Gasteiger partial charge in [-0.2, -0.15) is 0 Å². The molecule has 0 fully saturated rings. The lowest BCUT2D eigenvalue weighted by atomic mass is 10.1. The number of hydrogen-bond donors (Lipinski definition) is 2. The van der Waals surface area contributed by atoms with Crippen molar-refractivity contribution in [3.8, 4) is 11.1 Å². The highest BCUT2D eigenvalue weighted by atomic mass is 16.2. The number of benzene rings is 2. The summed E-state index contributed by atoms with van der Waals surface area (Å²) in [4.78, 5) is 27.8. The van der Waals surface area contributed by atoms with E-state index in [0.29, 0.717) is 16.9 Å². The Morgan fingerprint density at radius 2 is 1.58 bits per heavy atom. The van der Waals surface area contributed by atoms with Gasteiger partial charge in [0.15, 0.2) is 5.78 Å². The maximum absolute atomic E-state index is 12.1. The number of nitrogens with one attached hydrogen (secondary N) is 2. The Kier molecular flexibility index (Phi) is 5.08. The van der Waals surface area contributed by atoms with Crippen molar-refractivity contribution in [3.63, 3.8) is 0 Å². The maximum Gasteiger partial charge on any atom is 0.323 e. The van der Waals surface area contributed by atoms with Gasteiger partial charge in [-0.3, -0.25) is 9.78 Å². The van der Waals surface area contributed by atoms with Gasteiger partial charge in [0.25, 0.3) is 0 Å². The molecule has 0 spiro atoms. The molecule has 1 aromatic heterocycles. The fourth-order valence-electron chi connectivity index (χ4n) is 2.58. The van der Waals surface area contributed by atoms with Gasteiger partial charge in [0, 0.05) is 28.8 Å². The summed E-state index contributed by atoms with van der Waals surface area (Å²) in [6.45, 7) is 3.44. The van der Waals surface area contributed by atoms with Crippen molar-refractivity contribution in [1.29, 1.82) is 0 Å². The van der Waals surface area contributed by atoms with Crippen LogP contribution in [0.25, 0.3) is 11.1 Å². The topological polar surface area (TPSA) is 71.1 Å². The number of carbonyl (C=O) groups excluding carboxylic acids is 2. The van der Waals surface area contributed by atoms with Crippen molar-refractivity contribution >= 4 is 23.2 Å². The van der Waals surface area contributed by atoms with E-state index in [1.807, 2.05) is 43.3 Å². The molecule has 3 aromatic rings. The van der Waals surface area contributed by atoms with E-state index in [0.717, 1.165) is 16.8 Å². The van der Waals surface area contributed by atoms with E-state index in [1.54, 1.807) is 30.5 Å². The maximum atomic E-state index is 12.1. The zero-order valence-corrected chi connectivity index (χ0v) is 14.6. The van der Waals surface area contributed by atoms with Crippen LogP contribution in [0.15, 0.2) is 66.9 Å². The highest BCUT2D eigenvalue weighted by molar-refractivity contribution is 6.01. The van der Waals surface area contributed by atoms with Crippen LogP contribution in [0.2, 0.25) is 0 Å². The Morgan fingerprint density at radius 3 is 2.27 bits per heavy atom. The minimum absolute atomic E-state index is 0.0454. The van der Waals surface area contributed by atoms with Gasteiger partial charge in [-0.05, 0) is 61.4 Å². The van der Waals surface area contributed by atoms with Crippen LogP contribution in [0.3, 0.4) is 0 Å². The lowest BCUT2D eigenvalue weighted by Crippen LogP contribution is -2.19. The predicted molar refractivity (Wildman–Crippen MR) is 103 cm³/mol. The fraction of sp³-hybridized carbons (Fsp3) is 0.0952. The number of aromatic nitrogens is 1. The SMILES string of the molecule is CC(=O)c1cccc(NC(=O)Nc2ccc(-c3ccnc(C)c3)cc2)c1. The summed E-state index contributed by atoms with van der Waals surface area (Å²) < 4.78 is 0. The lowest BCUT2D eigenvalue weighted by Gasteiger charge is -2.09. The number of carbonyl (C=O) groups is 2. The molecule has 1 heterocycles. The van der Waals surface area contributed by atoms with Gasteiger partial charge in [-0.1, -0.05) is 24.3 Å². The first-order valence-corrected chi connectivity index (χ1v) is 8.23. The molecule has 0 unspecified atom stereocenters. The number of urea groups is 1. The smallest absolute Gasteiger partial charge is 0.308 e. The average molecular weight is 345 g/mol. The molecule has 0 aliphatic rings. The van der Waals surface area contributed by atoms with Gasteiger partial charge in [-0.25, -0.2) is 4.79 Å². The fourth-order valence-corrected chi connectivity index (χ4v) is 2.58. The van der Waals surface area contributed by atoms with E-state index >= 15 is 0 Å². The first kappa shape index (κ1) is 17.4. The molecule has 3 rings (SSSR count). The third kappa shape index (κ3) is 4.33. The zero-order chi connectivity index (χ0) is 18.5. The van der Waals surface area contributed by atoms with Crippen molar-refractivity contribution in [2.75, 3.05) is 10.6 Å². The van der Waals surface area contributed by atoms with Crippen LogP contribution in [0.1, 0.15) is 23.0 Å². The number of amides is 2. The molecule has 5 nitrogen and oxygen atoms in total. The summed E-state index contributed by atoms with van der Waals surface area (Å²) >= 11 is 0. The van der Waals surface area contributed by atoms with Crippen molar-refractivity contribution in [2.45, 2.75) is 13.8 Å². The molecule has 0 saturated carbocycles. The van der Waals surface area contributed by atoms with Crippen molar-refractivity contribution in [3.05, 3.63) is 78.1 Å². The Hall–Kier alpha value is -3.47. The van der Waals surface area contributed by atoms with Gasteiger partial charge in [0.05, 0.1) is 0 Å². The molecular weight excluding hydrogens is 326 g/mol. The molecule has 26 heavy (non-hydrogen) atoms. The van der Waals surface area contributed by atoms with Gasteiger partial charge >= 0.3 is 6.03 Å². The monoisotopic (exact) mass is 345 g/mol. The van der Waals surface area contributed by atoms with Crippen molar-refractivity contribution in [1.82, 2.24) is 4.98 Å². The number of hydrogen-bond acceptors (Lipinski definition) is 3. The summed E-state index contributed by atoms with van der Waals surface area (Å²) in [6.07, 6.45) is 1.78. The van der Waals surface area contributed by atoms with Crippen LogP contribution in [-0.4, -0.2) is 16.8 Å². The Morgan fingerprint density at radius 1 is 0.846 bits per heavy atom. The number of Topliss-reactive ketones (excluding diaryl/α,β-unsaturated/α-hetero) is 1. The molecule has 5 heteroatoms. The summed E-state index contributed by atoms with van der Waals surface area (Å²) in [5.74, 6) is -0.0454. The van der Waals surface area contributed by atoms with E-state index in [9.17, 15) is 9.59 Å². The summed E-state index contributed by atoms with van der Waals surface area (Å²) in [5.41, 5.74) is 4.89. The first-order chi connectivity index (χ1) is 12.5. The number of rotatable bonds is 4. The molecular formula is C21H19N3O2. The van der Waals surface area contributed by atoms with E-state index in [-0.39, 0.29) is 11.8 Å². The molecule has 0 aliphatic carbocycles. The predicted octanol–water partition coefficient (Wildman–Crippen LogP) is 4.90. The molecule has 0 saturated heterocycles. The van der Waals surface area contributed by atoms with Crippen LogP contribution < -0.4 is 10.6 Å². The van der Waals surface area contributed by atoms with Crippen LogP contribution in [0.5, 0.6) is 0 Å². The van der Waals surface area contributed by atoms with Gasteiger partial charge in [0.2, 0.25) is 0 Å². The number of ketones is 1. The number of nitrogens with zero attached hydrogens (tertiary/aromatic N) is 1. The van der Waals surface area contributed by atoms with Crippen molar-refractivity contribution in [2.24, 2.45) is 0 Å². The molecule has 0 radical (unpaired) electrons. The second kappa shape index (κ2) is 7.61. The Balaban J connectivity index is 1.66. The van der Waals surface area contributed by atoms with Crippen LogP contribution in [-0.2, 0) is 0 Å². The largest absolute Gasteiger partial charge is 0.323 e. The van der Waals surface area contributed by atoms with E-state index in [1.165, 1.54) is 6.92 Å². The van der Waals surface area contributed by atoms with Gasteiger partial charge in [0.1, 0.15) is 0 Å². The van der Waals surface area contributed by atoms with Gasteiger partial charge in [-0.15, -0.1) is 0 Å². The second-order valence-corrected chi connectivity index (χ2v) is 5.98. The molecule has 0 aliphatic heterocycles. The van der Waals surface area contributed by atoms with Crippen LogP contribution in [0, 0.1) is 6.92 Å². The molecule has 2 amide bonds. The van der Waals surface area contributed by atoms with Gasteiger partial charge < -0.3 is 10.6 Å². The third-order valence-electron chi connectivity index (χ3n) is 3.90. The number of pyridine rings is 1. The normalized spacial score (nSPS) is 10.2. The quantitative estimate of drug-likeness (QED) is 0.660. The van der Waals surface area contributed by atoms with Crippen LogP contribution in [0.4, 0.5) is 16.2 Å². The minimum atomic E-state index is -0.363. The summed E-state index contributed by atoms with van der Waals surface area (Å²) in [5, 5.41) is 5.51. The summed E-state index contributed by atoms with van der Waals surface area (Å²) in [7, 11) is 0. The van der Waals surface area contributed by atoms with Crippen molar-refractivity contribution < 1.29 is 9.59 Å². The Labute approximate surface area is 152 Å². The molecule has 2 N–H and O–H groups in total. The van der Waals surface area contributed by atoms with E-state index < -0.39 is 0 Å².